The van der Waals surface area contributed by atoms with E-state index in [1.165, 1.54) is 0 Å². The summed E-state index contributed by atoms with van der Waals surface area (Å²) in [7, 11) is 0. The molecule has 2 heterocycles. The molecule has 2 N–H and O–H groups in total. The van der Waals surface area contributed by atoms with Crippen LogP contribution >= 0.6 is 15.9 Å². The molecule has 0 bridgehead atoms. The van der Waals surface area contributed by atoms with Crippen LogP contribution in [0.1, 0.15) is 6.42 Å². The zero-order valence-corrected chi connectivity index (χ0v) is 11.3. The van der Waals surface area contributed by atoms with Gasteiger partial charge in [0.15, 0.2) is 0 Å². The minimum absolute atomic E-state index is 0.113. The largest absolute Gasteiger partial charge is 0.486 e. The van der Waals surface area contributed by atoms with Crippen molar-refractivity contribution in [3.63, 3.8) is 0 Å². The Labute approximate surface area is 113 Å². The quantitative estimate of drug-likeness (QED) is 0.867. The van der Waals surface area contributed by atoms with E-state index in [0.717, 1.165) is 34.2 Å². The van der Waals surface area contributed by atoms with E-state index in [1.54, 1.807) is 6.20 Å². The van der Waals surface area contributed by atoms with Gasteiger partial charge in [0, 0.05) is 28.2 Å². The molecular weight excluding hydrogens is 296 g/mol. The summed E-state index contributed by atoms with van der Waals surface area (Å²) in [4.78, 5) is 4.39. The van der Waals surface area contributed by atoms with Crippen molar-refractivity contribution in [1.29, 1.82) is 0 Å². The third-order valence-electron chi connectivity index (χ3n) is 2.99. The zero-order chi connectivity index (χ0) is 12.5. The van der Waals surface area contributed by atoms with Crippen molar-refractivity contribution < 1.29 is 9.47 Å². The number of nitrogens with zero attached hydrogens (tertiary/aromatic N) is 1. The van der Waals surface area contributed by atoms with Gasteiger partial charge in [0.05, 0.1) is 13.2 Å². The molecule has 0 amide bonds. The summed E-state index contributed by atoms with van der Waals surface area (Å²) in [5.41, 5.74) is 7.46. The van der Waals surface area contributed by atoms with Crippen molar-refractivity contribution >= 4 is 32.5 Å². The molecule has 1 aromatic heterocycles. The fourth-order valence-corrected chi connectivity index (χ4v) is 2.40. The maximum Gasteiger partial charge on any atom is 0.146 e. The highest BCUT2D eigenvalue weighted by atomic mass is 79.9. The first-order chi connectivity index (χ1) is 8.74. The Morgan fingerprint density at radius 2 is 2.33 bits per heavy atom. The molecular formula is C13H13BrN2O2. The average molecular weight is 309 g/mol. The molecule has 2 aromatic rings. The molecule has 4 nitrogen and oxygen atoms in total. The fourth-order valence-electron chi connectivity index (χ4n) is 2.07. The van der Waals surface area contributed by atoms with Crippen LogP contribution in [0.5, 0.6) is 5.75 Å². The van der Waals surface area contributed by atoms with Crippen LogP contribution in [0.4, 0.5) is 5.69 Å². The molecule has 0 aliphatic carbocycles. The van der Waals surface area contributed by atoms with Crippen LogP contribution in [0, 0.1) is 0 Å². The van der Waals surface area contributed by atoms with Crippen LogP contribution in [0.2, 0.25) is 0 Å². The molecule has 1 saturated heterocycles. The van der Waals surface area contributed by atoms with E-state index in [1.807, 2.05) is 18.2 Å². The van der Waals surface area contributed by atoms with Crippen molar-refractivity contribution in [3.05, 3.63) is 28.9 Å². The molecule has 0 radical (unpaired) electrons. The van der Waals surface area contributed by atoms with Gasteiger partial charge in [0.25, 0.3) is 0 Å². The lowest BCUT2D eigenvalue weighted by Gasteiger charge is -2.14. The molecule has 1 fully saturated rings. The van der Waals surface area contributed by atoms with Crippen molar-refractivity contribution in [2.75, 3.05) is 18.9 Å². The third kappa shape index (κ3) is 2.15. The molecule has 1 atom stereocenters. The predicted octanol–water partition coefficient (Wildman–Crippen LogP) is 2.75. The summed E-state index contributed by atoms with van der Waals surface area (Å²) in [5, 5.41) is 0.904. The van der Waals surface area contributed by atoms with Crippen molar-refractivity contribution in [3.8, 4) is 5.75 Å². The Balaban J connectivity index is 2.03. The molecule has 94 valence electrons. The highest BCUT2D eigenvalue weighted by molar-refractivity contribution is 9.10. The van der Waals surface area contributed by atoms with E-state index >= 15 is 0 Å². The van der Waals surface area contributed by atoms with Gasteiger partial charge in [0.2, 0.25) is 0 Å². The first-order valence-corrected chi connectivity index (χ1v) is 6.61. The Kier molecular flexibility index (Phi) is 3.09. The Morgan fingerprint density at radius 1 is 1.44 bits per heavy atom. The highest BCUT2D eigenvalue weighted by Crippen LogP contribution is 2.31. The van der Waals surface area contributed by atoms with Gasteiger partial charge < -0.3 is 15.2 Å². The number of pyridine rings is 1. The fraction of sp³-hybridized carbons (Fsp3) is 0.308. The SMILES string of the molecule is Nc1ccc(OC2CCOC2)c2ncc(Br)cc12. The minimum atomic E-state index is 0.113. The summed E-state index contributed by atoms with van der Waals surface area (Å²) in [6, 6.07) is 5.67. The topological polar surface area (TPSA) is 57.4 Å². The van der Waals surface area contributed by atoms with Crippen LogP contribution in [-0.4, -0.2) is 24.3 Å². The zero-order valence-electron chi connectivity index (χ0n) is 9.73. The lowest BCUT2D eigenvalue weighted by molar-refractivity contribution is 0.142. The predicted molar refractivity (Wildman–Crippen MR) is 73.7 cm³/mol. The van der Waals surface area contributed by atoms with Gasteiger partial charge in [-0.2, -0.15) is 0 Å². The molecule has 0 saturated carbocycles. The Bertz CT molecular complexity index is 582. The summed E-state index contributed by atoms with van der Waals surface area (Å²) in [6.45, 7) is 1.40. The van der Waals surface area contributed by atoms with E-state index in [-0.39, 0.29) is 6.10 Å². The van der Waals surface area contributed by atoms with E-state index in [4.69, 9.17) is 15.2 Å². The third-order valence-corrected chi connectivity index (χ3v) is 3.43. The van der Waals surface area contributed by atoms with Gasteiger partial charge in [-0.15, -0.1) is 0 Å². The lowest BCUT2D eigenvalue weighted by Crippen LogP contribution is -2.16. The number of hydrogen-bond donors (Lipinski definition) is 1. The van der Waals surface area contributed by atoms with Crippen LogP contribution < -0.4 is 10.5 Å². The van der Waals surface area contributed by atoms with Crippen LogP contribution in [0.25, 0.3) is 10.9 Å². The summed E-state index contributed by atoms with van der Waals surface area (Å²) < 4.78 is 12.1. The number of aromatic nitrogens is 1. The van der Waals surface area contributed by atoms with Crippen molar-refractivity contribution in [1.82, 2.24) is 4.98 Å². The number of halogens is 1. The molecule has 5 heteroatoms. The number of anilines is 1. The van der Waals surface area contributed by atoms with Gasteiger partial charge in [-0.3, -0.25) is 4.98 Å². The van der Waals surface area contributed by atoms with Gasteiger partial charge in [-0.05, 0) is 34.1 Å². The van der Waals surface area contributed by atoms with E-state index in [0.29, 0.717) is 12.3 Å². The number of fused-ring (bicyclic) bond motifs is 1. The Hall–Kier alpha value is -1.33. The maximum atomic E-state index is 5.96. The van der Waals surface area contributed by atoms with Crippen molar-refractivity contribution in [2.45, 2.75) is 12.5 Å². The normalized spacial score (nSPS) is 19.3. The van der Waals surface area contributed by atoms with E-state index in [9.17, 15) is 0 Å². The second-order valence-corrected chi connectivity index (χ2v) is 5.22. The van der Waals surface area contributed by atoms with Gasteiger partial charge in [0.1, 0.15) is 17.4 Å². The standard InChI is InChI=1S/C13H13BrN2O2/c14-8-5-10-11(15)1-2-12(13(10)16-6-8)18-9-3-4-17-7-9/h1-2,5-6,9H,3-4,7,15H2. The molecule has 18 heavy (non-hydrogen) atoms. The lowest BCUT2D eigenvalue weighted by atomic mass is 10.1. The van der Waals surface area contributed by atoms with Gasteiger partial charge in [-0.25, -0.2) is 0 Å². The van der Waals surface area contributed by atoms with Crippen LogP contribution in [0.15, 0.2) is 28.9 Å². The summed E-state index contributed by atoms with van der Waals surface area (Å²) in [6.07, 6.45) is 2.78. The number of nitrogens with two attached hydrogens (primary N) is 1. The molecule has 3 rings (SSSR count). The number of hydrogen-bond acceptors (Lipinski definition) is 4. The number of rotatable bonds is 2. The smallest absolute Gasteiger partial charge is 0.146 e. The maximum absolute atomic E-state index is 5.96. The van der Waals surface area contributed by atoms with E-state index < -0.39 is 0 Å². The molecule has 1 aliphatic heterocycles. The van der Waals surface area contributed by atoms with Crippen LogP contribution in [0.3, 0.4) is 0 Å². The highest BCUT2D eigenvalue weighted by Gasteiger charge is 2.19. The van der Waals surface area contributed by atoms with Gasteiger partial charge in [-0.1, -0.05) is 0 Å². The van der Waals surface area contributed by atoms with E-state index in [2.05, 4.69) is 20.9 Å². The van der Waals surface area contributed by atoms with Crippen LogP contribution in [-0.2, 0) is 4.74 Å². The first kappa shape index (κ1) is 11.7. The number of benzene rings is 1. The second kappa shape index (κ2) is 4.74. The Morgan fingerprint density at radius 3 is 3.11 bits per heavy atom. The molecule has 0 spiro atoms. The monoisotopic (exact) mass is 308 g/mol. The second-order valence-electron chi connectivity index (χ2n) is 4.31. The van der Waals surface area contributed by atoms with Crippen molar-refractivity contribution in [2.24, 2.45) is 0 Å². The summed E-state index contributed by atoms with van der Waals surface area (Å²) >= 11 is 3.40. The first-order valence-electron chi connectivity index (χ1n) is 5.82. The molecule has 1 aliphatic rings. The minimum Gasteiger partial charge on any atom is -0.486 e. The molecule has 1 unspecified atom stereocenters. The molecule has 1 aromatic carbocycles. The number of nitrogen functional groups attached to an aromatic ring is 1. The number of ether oxygens (including phenoxy) is 2. The average Bonchev–Trinajstić information content (AvgIpc) is 2.86. The summed E-state index contributed by atoms with van der Waals surface area (Å²) in [5.74, 6) is 0.766. The van der Waals surface area contributed by atoms with Gasteiger partial charge >= 0.3 is 0 Å².